The van der Waals surface area contributed by atoms with Crippen molar-refractivity contribution in [2.75, 3.05) is 18.5 Å². The molecule has 0 radical (unpaired) electrons. The first-order valence-corrected chi connectivity index (χ1v) is 10.2. The van der Waals surface area contributed by atoms with Gasteiger partial charge in [-0.25, -0.2) is 13.8 Å². The summed E-state index contributed by atoms with van der Waals surface area (Å²) in [6.07, 6.45) is 2.82. The Kier molecular flexibility index (Phi) is 6.47. The van der Waals surface area contributed by atoms with Crippen molar-refractivity contribution in [2.24, 2.45) is 7.05 Å². The van der Waals surface area contributed by atoms with Gasteiger partial charge in [-0.05, 0) is 29.8 Å². The first kappa shape index (κ1) is 22.6. The number of nitrogens with zero attached hydrogens (tertiary/aromatic N) is 3. The molecule has 0 unspecified atom stereocenters. The van der Waals surface area contributed by atoms with Crippen LogP contribution in [0.4, 0.5) is 14.5 Å². The Balaban J connectivity index is 1.49. The van der Waals surface area contributed by atoms with Crippen LogP contribution in [0.25, 0.3) is 0 Å². The molecule has 172 valence electrons. The number of benzene rings is 2. The maximum atomic E-state index is 13.4. The average molecular weight is 456 g/mol. The summed E-state index contributed by atoms with van der Waals surface area (Å²) in [5, 5.41) is 12.6. The van der Waals surface area contributed by atoms with Crippen LogP contribution in [0.2, 0.25) is 0 Å². The van der Waals surface area contributed by atoms with Crippen molar-refractivity contribution < 1.29 is 28.2 Å². The monoisotopic (exact) mass is 456 g/mol. The molecule has 4 rings (SSSR count). The number of anilines is 1. The van der Waals surface area contributed by atoms with Crippen molar-refractivity contribution in [3.05, 3.63) is 83.4 Å². The zero-order valence-corrected chi connectivity index (χ0v) is 17.7. The number of aliphatic hydroxyl groups is 1. The molecule has 0 spiro atoms. The molecule has 0 saturated carbocycles. The third-order valence-corrected chi connectivity index (χ3v) is 5.50. The van der Waals surface area contributed by atoms with E-state index in [0.29, 0.717) is 23.1 Å². The highest BCUT2D eigenvalue weighted by Crippen LogP contribution is 2.30. The number of aromatic nitrogens is 2. The van der Waals surface area contributed by atoms with Gasteiger partial charge in [0.2, 0.25) is 5.91 Å². The Morgan fingerprint density at radius 2 is 1.91 bits per heavy atom. The fraction of sp³-hybridized carbons (Fsp3) is 0.261. The summed E-state index contributed by atoms with van der Waals surface area (Å²) < 4.78 is 34.3. The number of amides is 2. The van der Waals surface area contributed by atoms with E-state index in [1.54, 1.807) is 46.1 Å². The van der Waals surface area contributed by atoms with Crippen LogP contribution in [0, 0.1) is 11.6 Å². The molecule has 10 heteroatoms. The number of imidazole rings is 1. The van der Waals surface area contributed by atoms with E-state index in [-0.39, 0.29) is 31.2 Å². The third-order valence-electron chi connectivity index (χ3n) is 5.50. The maximum Gasteiger partial charge on any atom is 0.255 e. The maximum absolute atomic E-state index is 13.4. The van der Waals surface area contributed by atoms with Crippen LogP contribution in [0.1, 0.15) is 27.8 Å². The lowest BCUT2D eigenvalue weighted by molar-refractivity contribution is -0.162. The number of carbonyl (C=O) groups is 2. The number of ether oxygens (including phenoxy) is 1. The van der Waals surface area contributed by atoms with Gasteiger partial charge in [0.25, 0.3) is 5.91 Å². The van der Waals surface area contributed by atoms with Gasteiger partial charge in [-0.15, -0.1) is 0 Å². The second-order valence-electron chi connectivity index (χ2n) is 7.69. The van der Waals surface area contributed by atoms with E-state index in [4.69, 9.17) is 4.74 Å². The van der Waals surface area contributed by atoms with E-state index in [2.05, 4.69) is 10.3 Å². The minimum Gasteiger partial charge on any atom is -0.394 e. The highest BCUT2D eigenvalue weighted by atomic mass is 19.1. The second kappa shape index (κ2) is 9.47. The third kappa shape index (κ3) is 4.91. The second-order valence-corrected chi connectivity index (χ2v) is 7.69. The smallest absolute Gasteiger partial charge is 0.255 e. The molecule has 0 aliphatic carbocycles. The molecule has 1 aliphatic rings. The molecule has 2 aromatic carbocycles. The molecule has 2 amide bonds. The molecular formula is C23H22F2N4O4. The Bertz CT molecular complexity index is 1150. The van der Waals surface area contributed by atoms with Crippen LogP contribution in [0.15, 0.2) is 54.9 Å². The predicted molar refractivity (Wildman–Crippen MR) is 114 cm³/mol. The van der Waals surface area contributed by atoms with Crippen LogP contribution in [0.5, 0.6) is 0 Å². The fourth-order valence-corrected chi connectivity index (χ4v) is 3.77. The van der Waals surface area contributed by atoms with Crippen molar-refractivity contribution in [1.82, 2.24) is 14.5 Å². The molecule has 8 nitrogen and oxygen atoms in total. The summed E-state index contributed by atoms with van der Waals surface area (Å²) in [7, 11) is 1.82. The Morgan fingerprint density at radius 1 is 1.21 bits per heavy atom. The molecule has 1 saturated heterocycles. The highest BCUT2D eigenvalue weighted by Gasteiger charge is 2.37. The van der Waals surface area contributed by atoms with Gasteiger partial charge in [-0.3, -0.25) is 9.59 Å². The van der Waals surface area contributed by atoms with E-state index >= 15 is 0 Å². The quantitative estimate of drug-likeness (QED) is 0.594. The van der Waals surface area contributed by atoms with E-state index < -0.39 is 29.7 Å². The van der Waals surface area contributed by atoms with Crippen molar-refractivity contribution in [3.63, 3.8) is 0 Å². The summed E-state index contributed by atoms with van der Waals surface area (Å²) in [5.41, 5.74) is 0.961. The lowest BCUT2D eigenvalue weighted by Crippen LogP contribution is -2.52. The van der Waals surface area contributed by atoms with Crippen molar-refractivity contribution in [3.8, 4) is 0 Å². The number of hydrogen-bond acceptors (Lipinski definition) is 5. The molecule has 3 aromatic rings. The summed E-state index contributed by atoms with van der Waals surface area (Å²) in [6, 6.07) is 8.57. The van der Waals surface area contributed by atoms with Gasteiger partial charge < -0.3 is 24.6 Å². The fourth-order valence-electron chi connectivity index (χ4n) is 3.77. The van der Waals surface area contributed by atoms with Gasteiger partial charge in [0, 0.05) is 36.8 Å². The number of aliphatic hydroxyl groups excluding tert-OH is 1. The number of halogens is 2. The number of aryl methyl sites for hydroxylation is 1. The number of carbonyl (C=O) groups excluding carboxylic acids is 2. The minimum atomic E-state index is -0.843. The standard InChI is InChI=1S/C23H22F2N4O4/c1-28-7-6-26-20(28)11-29-19(12-30)22(33-13-21(29)31)14-2-4-18(5-3-14)27-23(32)15-8-16(24)10-17(25)9-15/h2-10,19,22,30H,11-13H2,1H3,(H,27,32)/t19-,22-/m1/s1. The summed E-state index contributed by atoms with van der Waals surface area (Å²) >= 11 is 0. The lowest BCUT2D eigenvalue weighted by Gasteiger charge is -2.40. The Morgan fingerprint density at radius 3 is 2.52 bits per heavy atom. The van der Waals surface area contributed by atoms with Gasteiger partial charge in [-0.2, -0.15) is 0 Å². The summed E-state index contributed by atoms with van der Waals surface area (Å²) in [6.45, 7) is -0.231. The van der Waals surface area contributed by atoms with E-state index in [1.807, 2.05) is 7.05 Å². The molecule has 1 aliphatic heterocycles. The van der Waals surface area contributed by atoms with Gasteiger partial charge in [-0.1, -0.05) is 12.1 Å². The molecule has 1 fully saturated rings. The Labute approximate surface area is 188 Å². The van der Waals surface area contributed by atoms with Crippen molar-refractivity contribution in [1.29, 1.82) is 0 Å². The first-order valence-electron chi connectivity index (χ1n) is 10.2. The molecule has 2 heterocycles. The van der Waals surface area contributed by atoms with E-state index in [1.165, 1.54) is 0 Å². The van der Waals surface area contributed by atoms with Gasteiger partial charge in [0.05, 0.1) is 19.2 Å². The van der Waals surface area contributed by atoms with Crippen molar-refractivity contribution >= 4 is 17.5 Å². The van der Waals surface area contributed by atoms with Crippen LogP contribution in [-0.4, -0.2) is 50.6 Å². The molecule has 0 bridgehead atoms. The first-order chi connectivity index (χ1) is 15.9. The largest absolute Gasteiger partial charge is 0.394 e. The summed E-state index contributed by atoms with van der Waals surface area (Å²) in [5.74, 6) is -1.92. The van der Waals surface area contributed by atoms with Crippen LogP contribution >= 0.6 is 0 Å². The van der Waals surface area contributed by atoms with Crippen LogP contribution < -0.4 is 5.32 Å². The van der Waals surface area contributed by atoms with Crippen molar-refractivity contribution in [2.45, 2.75) is 18.7 Å². The highest BCUT2D eigenvalue weighted by molar-refractivity contribution is 6.04. The molecule has 2 atom stereocenters. The number of morpholine rings is 1. The van der Waals surface area contributed by atoms with Crippen LogP contribution in [-0.2, 0) is 23.1 Å². The lowest BCUT2D eigenvalue weighted by atomic mass is 9.99. The minimum absolute atomic E-state index is 0.143. The topological polar surface area (TPSA) is 96.7 Å². The normalized spacial score (nSPS) is 18.4. The Hall–Kier alpha value is -3.63. The van der Waals surface area contributed by atoms with Gasteiger partial charge >= 0.3 is 0 Å². The predicted octanol–water partition coefficient (Wildman–Crippen LogP) is 2.41. The average Bonchev–Trinajstić information content (AvgIpc) is 3.19. The number of rotatable bonds is 6. The van der Waals surface area contributed by atoms with E-state index in [0.717, 1.165) is 12.1 Å². The summed E-state index contributed by atoms with van der Waals surface area (Å²) in [4.78, 5) is 30.6. The molecule has 2 N–H and O–H groups in total. The van der Waals surface area contributed by atoms with E-state index in [9.17, 15) is 23.5 Å². The van der Waals surface area contributed by atoms with Gasteiger partial charge in [0.1, 0.15) is 30.2 Å². The SMILES string of the molecule is Cn1ccnc1CN1C(=O)CO[C@H](c2ccc(NC(=O)c3cc(F)cc(F)c3)cc2)[C@H]1CO. The molecule has 1 aromatic heterocycles. The number of hydrogen-bond donors (Lipinski definition) is 2. The van der Waals surface area contributed by atoms with Gasteiger partial charge in [0.15, 0.2) is 0 Å². The number of nitrogens with one attached hydrogen (secondary N) is 1. The zero-order chi connectivity index (χ0) is 23.5. The zero-order valence-electron chi connectivity index (χ0n) is 17.7. The van der Waals surface area contributed by atoms with Crippen LogP contribution in [0.3, 0.4) is 0 Å². The molecular weight excluding hydrogens is 434 g/mol. The molecule has 33 heavy (non-hydrogen) atoms.